The number of esters is 3. The van der Waals surface area contributed by atoms with E-state index in [2.05, 4.69) is 20.8 Å². The molecule has 0 aliphatic carbocycles. The molecule has 1 heterocycles. The van der Waals surface area contributed by atoms with E-state index < -0.39 is 55.0 Å². The number of hydrogen-bond donors (Lipinski definition) is 4. The lowest BCUT2D eigenvalue weighted by Crippen LogP contribution is -2.58. The highest BCUT2D eigenvalue weighted by atomic mass is 16.7. The zero-order valence-corrected chi connectivity index (χ0v) is 44.9. The lowest BCUT2D eigenvalue weighted by molar-refractivity contribution is -0.311. The van der Waals surface area contributed by atoms with Crippen molar-refractivity contribution in [3.63, 3.8) is 0 Å². The highest BCUT2D eigenvalue weighted by molar-refractivity contribution is 5.71. The maximum Gasteiger partial charge on any atom is 0.306 e. The van der Waals surface area contributed by atoms with Crippen LogP contribution in [-0.2, 0) is 38.1 Å². The molecule has 1 saturated heterocycles. The SMILES string of the molecule is CCCCCCCCCCCCCCCC(=O)OCC(COC(=O)CCCCCC(OC1O[C@H](C)[C@@H](O)[C@H](O)[C@H]1O)C(O)CCCCCCCC)OC(=O)CCCCCCCCCCCCCCC. The molecule has 0 saturated carbocycles. The Balaban J connectivity index is 2.57. The molecule has 4 unspecified atom stereocenters. The van der Waals surface area contributed by atoms with Gasteiger partial charge in [-0.3, -0.25) is 14.4 Å². The van der Waals surface area contributed by atoms with Crippen LogP contribution in [-0.4, -0.2) is 101 Å². The molecule has 1 fully saturated rings. The average Bonchev–Trinajstić information content (AvgIpc) is 3.34. The second kappa shape index (κ2) is 46.0. The molecule has 0 aromatic rings. The maximum atomic E-state index is 12.9. The molecule has 1 rings (SSSR count). The van der Waals surface area contributed by atoms with Crippen LogP contribution in [0.4, 0.5) is 0 Å². The van der Waals surface area contributed by atoms with Crippen molar-refractivity contribution in [1.82, 2.24) is 0 Å². The van der Waals surface area contributed by atoms with Crippen LogP contribution in [0.25, 0.3) is 0 Å². The van der Waals surface area contributed by atoms with Gasteiger partial charge in [0.1, 0.15) is 31.5 Å². The molecule has 4 N–H and O–H groups in total. The van der Waals surface area contributed by atoms with Gasteiger partial charge < -0.3 is 44.1 Å². The summed E-state index contributed by atoms with van der Waals surface area (Å²) in [6.45, 7) is 7.91. The van der Waals surface area contributed by atoms with Crippen molar-refractivity contribution in [3.05, 3.63) is 0 Å². The Kier molecular flexibility index (Phi) is 43.4. The zero-order valence-electron chi connectivity index (χ0n) is 44.9. The van der Waals surface area contributed by atoms with Gasteiger partial charge in [0.05, 0.1) is 18.3 Å². The molecule has 69 heavy (non-hydrogen) atoms. The first-order chi connectivity index (χ1) is 33.5. The van der Waals surface area contributed by atoms with Gasteiger partial charge in [-0.05, 0) is 39.0 Å². The number of rotatable bonds is 49. The van der Waals surface area contributed by atoms with Crippen molar-refractivity contribution in [2.75, 3.05) is 13.2 Å². The molecule has 0 aromatic carbocycles. The number of ether oxygens (including phenoxy) is 5. The Morgan fingerprint density at radius 3 is 1.17 bits per heavy atom. The maximum absolute atomic E-state index is 12.9. The number of carbonyl (C=O) groups excluding carboxylic acids is 3. The summed E-state index contributed by atoms with van der Waals surface area (Å²) in [5.41, 5.74) is 0. The van der Waals surface area contributed by atoms with E-state index in [0.29, 0.717) is 38.5 Å². The lowest BCUT2D eigenvalue weighted by atomic mass is 9.98. The quantitative estimate of drug-likeness (QED) is 0.0258. The van der Waals surface area contributed by atoms with E-state index in [0.717, 1.165) is 70.6 Å². The van der Waals surface area contributed by atoms with Gasteiger partial charge in [-0.25, -0.2) is 0 Å². The molecule has 408 valence electrons. The third-order valence-electron chi connectivity index (χ3n) is 13.9. The van der Waals surface area contributed by atoms with Crippen LogP contribution in [0.2, 0.25) is 0 Å². The summed E-state index contributed by atoms with van der Waals surface area (Å²) in [5, 5.41) is 42.3. The molecule has 12 heteroatoms. The fraction of sp³-hybridized carbons (Fsp3) is 0.947. The van der Waals surface area contributed by atoms with E-state index in [1.54, 1.807) is 6.92 Å². The minimum atomic E-state index is -1.47. The van der Waals surface area contributed by atoms with Crippen LogP contribution in [0, 0.1) is 0 Å². The zero-order chi connectivity index (χ0) is 50.6. The van der Waals surface area contributed by atoms with E-state index in [4.69, 9.17) is 23.7 Å². The Morgan fingerprint density at radius 2 is 0.768 bits per heavy atom. The van der Waals surface area contributed by atoms with Crippen LogP contribution in [0.15, 0.2) is 0 Å². The van der Waals surface area contributed by atoms with Gasteiger partial charge in [0.15, 0.2) is 12.4 Å². The van der Waals surface area contributed by atoms with Crippen molar-refractivity contribution in [3.8, 4) is 0 Å². The number of aliphatic hydroxyl groups excluding tert-OH is 4. The monoisotopic (exact) mass is 985 g/mol. The second-order valence-corrected chi connectivity index (χ2v) is 20.5. The Bertz CT molecular complexity index is 1190. The smallest absolute Gasteiger partial charge is 0.306 e. The molecule has 1 aliphatic rings. The summed E-state index contributed by atoms with van der Waals surface area (Å²) >= 11 is 0. The van der Waals surface area contributed by atoms with Crippen molar-refractivity contribution in [1.29, 1.82) is 0 Å². The minimum Gasteiger partial charge on any atom is -0.462 e. The molecular weight excluding hydrogens is 877 g/mol. The highest BCUT2D eigenvalue weighted by Gasteiger charge is 2.43. The van der Waals surface area contributed by atoms with E-state index in [-0.39, 0.29) is 38.0 Å². The molecule has 1 aliphatic heterocycles. The predicted octanol–water partition coefficient (Wildman–Crippen LogP) is 13.2. The molecule has 0 amide bonds. The average molecular weight is 985 g/mol. The van der Waals surface area contributed by atoms with Crippen LogP contribution in [0.1, 0.15) is 285 Å². The first-order valence-electron chi connectivity index (χ1n) is 29.1. The highest BCUT2D eigenvalue weighted by Crippen LogP contribution is 2.26. The minimum absolute atomic E-state index is 0.135. The van der Waals surface area contributed by atoms with Gasteiger partial charge in [-0.2, -0.15) is 0 Å². The van der Waals surface area contributed by atoms with Gasteiger partial charge in [0, 0.05) is 19.3 Å². The molecule has 12 nitrogen and oxygen atoms in total. The first kappa shape index (κ1) is 65.2. The normalized spacial score (nSPS) is 19.6. The Hall–Kier alpha value is -1.83. The van der Waals surface area contributed by atoms with Gasteiger partial charge in [-0.1, -0.05) is 226 Å². The third kappa shape index (κ3) is 36.7. The van der Waals surface area contributed by atoms with Gasteiger partial charge >= 0.3 is 17.9 Å². The number of unbranched alkanes of at least 4 members (excludes halogenated alkanes) is 31. The second-order valence-electron chi connectivity index (χ2n) is 20.5. The van der Waals surface area contributed by atoms with E-state index >= 15 is 0 Å². The fourth-order valence-corrected chi connectivity index (χ4v) is 9.21. The molecule has 0 bridgehead atoms. The summed E-state index contributed by atoms with van der Waals surface area (Å²) in [5.74, 6) is -1.16. The van der Waals surface area contributed by atoms with Gasteiger partial charge in [-0.15, -0.1) is 0 Å². The predicted molar refractivity (Wildman–Crippen MR) is 277 cm³/mol. The molecular formula is C57H108O12. The van der Waals surface area contributed by atoms with Crippen molar-refractivity contribution in [2.45, 2.75) is 334 Å². The Morgan fingerprint density at radius 1 is 0.435 bits per heavy atom. The summed E-state index contributed by atoms with van der Waals surface area (Å²) < 4.78 is 28.6. The molecule has 8 atom stereocenters. The third-order valence-corrected chi connectivity index (χ3v) is 13.9. The number of hydrogen-bond acceptors (Lipinski definition) is 12. The van der Waals surface area contributed by atoms with E-state index in [1.807, 2.05) is 0 Å². The number of aliphatic hydroxyl groups is 4. The van der Waals surface area contributed by atoms with Crippen LogP contribution in [0.3, 0.4) is 0 Å². The molecule has 0 radical (unpaired) electrons. The summed E-state index contributed by atoms with van der Waals surface area (Å²) in [7, 11) is 0. The molecule has 0 aromatic heterocycles. The van der Waals surface area contributed by atoms with Crippen LogP contribution < -0.4 is 0 Å². The van der Waals surface area contributed by atoms with Gasteiger partial charge in [0.2, 0.25) is 0 Å². The lowest BCUT2D eigenvalue weighted by Gasteiger charge is -2.41. The van der Waals surface area contributed by atoms with Crippen molar-refractivity contribution < 1.29 is 58.5 Å². The van der Waals surface area contributed by atoms with E-state index in [9.17, 15) is 34.8 Å². The molecule has 0 spiro atoms. The standard InChI is InChI=1S/C57H108O12/c1-5-8-11-14-17-19-21-23-25-27-29-32-37-42-51(59)65-45-48(68-53(61)44-38-33-30-28-26-24-22-20-18-15-12-9-6-2)46-66-52(60)43-39-34-36-41-50(49(58)40-35-31-16-13-10-7-3)69-57-56(64)55(63)54(62)47(4)67-57/h47-50,54-58,62-64H,5-46H2,1-4H3/t47-,48?,49?,50?,54-,55+,56-,57?/m1/s1. The summed E-state index contributed by atoms with van der Waals surface area (Å²) in [6, 6.07) is 0. The summed E-state index contributed by atoms with van der Waals surface area (Å²) in [4.78, 5) is 38.5. The fourth-order valence-electron chi connectivity index (χ4n) is 9.21. The topological polar surface area (TPSA) is 178 Å². The van der Waals surface area contributed by atoms with Crippen molar-refractivity contribution in [2.24, 2.45) is 0 Å². The number of carbonyl (C=O) groups is 3. The summed E-state index contributed by atoms with van der Waals surface area (Å²) in [6.07, 6.45) is 33.0. The first-order valence-corrected chi connectivity index (χ1v) is 29.1. The Labute approximate surface area is 421 Å². The van der Waals surface area contributed by atoms with Crippen molar-refractivity contribution >= 4 is 17.9 Å². The largest absolute Gasteiger partial charge is 0.462 e. The van der Waals surface area contributed by atoms with Crippen LogP contribution in [0.5, 0.6) is 0 Å². The van der Waals surface area contributed by atoms with E-state index in [1.165, 1.54) is 135 Å². The van der Waals surface area contributed by atoms with Crippen LogP contribution >= 0.6 is 0 Å². The van der Waals surface area contributed by atoms with Gasteiger partial charge in [0.25, 0.3) is 0 Å².